The van der Waals surface area contributed by atoms with E-state index in [0.29, 0.717) is 16.7 Å². The Kier molecular flexibility index (Phi) is 5.37. The summed E-state index contributed by atoms with van der Waals surface area (Å²) < 4.78 is 26.5. The van der Waals surface area contributed by atoms with E-state index in [-0.39, 0.29) is 30.5 Å². The lowest BCUT2D eigenvalue weighted by atomic mass is 9.95. The van der Waals surface area contributed by atoms with Crippen molar-refractivity contribution >= 4 is 40.1 Å². The molecule has 1 aliphatic heterocycles. The van der Waals surface area contributed by atoms with Gasteiger partial charge in [-0.1, -0.05) is 5.16 Å². The Morgan fingerprint density at radius 3 is 2.94 bits per heavy atom. The van der Waals surface area contributed by atoms with E-state index in [1.165, 1.54) is 29.2 Å². The summed E-state index contributed by atoms with van der Waals surface area (Å²) in [5.74, 6) is -2.60. The Morgan fingerprint density at radius 1 is 1.34 bits per heavy atom. The molecule has 5 rings (SSSR count). The minimum absolute atomic E-state index is 0.0286. The molecule has 35 heavy (non-hydrogen) atoms. The number of carbonyl (C=O) groups excluding carboxylic acids is 2. The van der Waals surface area contributed by atoms with E-state index in [9.17, 15) is 19.1 Å². The van der Waals surface area contributed by atoms with Crippen molar-refractivity contribution in [2.45, 2.75) is 18.6 Å². The summed E-state index contributed by atoms with van der Waals surface area (Å²) in [7, 11) is 0. The molecule has 2 amide bonds. The first kappa shape index (κ1) is 22.4. The second-order valence-electron chi connectivity index (χ2n) is 7.97. The highest BCUT2D eigenvalue weighted by Gasteiger charge is 2.49. The Labute approximate surface area is 196 Å². The lowest BCUT2D eigenvalue weighted by molar-refractivity contribution is -0.165. The van der Waals surface area contributed by atoms with Gasteiger partial charge in [0.15, 0.2) is 34.7 Å². The molecule has 1 aliphatic rings. The van der Waals surface area contributed by atoms with Crippen molar-refractivity contribution in [1.29, 1.82) is 0 Å². The van der Waals surface area contributed by atoms with Gasteiger partial charge in [0.2, 0.25) is 0 Å². The van der Waals surface area contributed by atoms with Crippen molar-refractivity contribution in [3.8, 4) is 5.69 Å². The Morgan fingerprint density at radius 2 is 2.17 bits per heavy atom. The van der Waals surface area contributed by atoms with Gasteiger partial charge in [-0.3, -0.25) is 14.5 Å². The molecule has 1 aromatic carbocycles. The number of aromatic nitrogens is 5. The van der Waals surface area contributed by atoms with E-state index < -0.39 is 29.3 Å². The van der Waals surface area contributed by atoms with Crippen LogP contribution in [0, 0.1) is 5.82 Å². The highest BCUT2D eigenvalue weighted by molar-refractivity contribution is 6.06. The fourth-order valence-corrected chi connectivity index (χ4v) is 3.69. The molecule has 1 fully saturated rings. The van der Waals surface area contributed by atoms with Crippen LogP contribution in [0.25, 0.3) is 16.7 Å². The molecule has 4 aromatic rings. The van der Waals surface area contributed by atoms with Crippen molar-refractivity contribution in [1.82, 2.24) is 25.1 Å². The number of anilines is 3. The molecule has 1 saturated heterocycles. The van der Waals surface area contributed by atoms with Crippen LogP contribution in [0.5, 0.6) is 0 Å². The topological polar surface area (TPSA) is 175 Å². The lowest BCUT2D eigenvalue weighted by Crippen LogP contribution is -2.61. The number of halogens is 1. The van der Waals surface area contributed by atoms with Crippen LogP contribution in [-0.2, 0) is 14.3 Å². The van der Waals surface area contributed by atoms with Crippen molar-refractivity contribution in [2.24, 2.45) is 0 Å². The third kappa shape index (κ3) is 3.94. The normalized spacial score (nSPS) is 18.0. The van der Waals surface area contributed by atoms with Crippen LogP contribution in [0.15, 0.2) is 47.4 Å². The maximum atomic E-state index is 14.7. The fourth-order valence-electron chi connectivity index (χ4n) is 3.69. The minimum atomic E-state index is -2.31. The number of nitrogens with two attached hydrogens (primary N) is 1. The predicted molar refractivity (Wildman–Crippen MR) is 119 cm³/mol. The molecule has 180 valence electrons. The number of amides is 2. The van der Waals surface area contributed by atoms with Gasteiger partial charge < -0.3 is 25.4 Å². The summed E-state index contributed by atoms with van der Waals surface area (Å²) in [5.41, 5.74) is 4.41. The zero-order chi connectivity index (χ0) is 24.7. The molecule has 3 aromatic heterocycles. The molecule has 0 saturated carbocycles. The van der Waals surface area contributed by atoms with Crippen LogP contribution in [0.1, 0.15) is 6.92 Å². The summed E-state index contributed by atoms with van der Waals surface area (Å²) in [6.07, 6.45) is 2.25. The average Bonchev–Trinajstić information content (AvgIpc) is 3.42. The van der Waals surface area contributed by atoms with Gasteiger partial charge in [0.25, 0.3) is 11.8 Å². The SMILES string of the molecule is C[C@](O)(C(=O)Nc1ccc2c(N)noc2c1)[C@H]1OCCN(c2nn(-c3ccnnc3)cc2F)C1=O. The summed E-state index contributed by atoms with van der Waals surface area (Å²) >= 11 is 0. The number of fused-ring (bicyclic) bond motifs is 1. The highest BCUT2D eigenvalue weighted by Crippen LogP contribution is 2.28. The number of morpholine rings is 1. The summed E-state index contributed by atoms with van der Waals surface area (Å²) in [4.78, 5) is 27.1. The number of rotatable bonds is 5. The van der Waals surface area contributed by atoms with Gasteiger partial charge >= 0.3 is 0 Å². The second-order valence-corrected chi connectivity index (χ2v) is 7.97. The molecule has 14 heteroatoms. The van der Waals surface area contributed by atoms with Gasteiger partial charge in [-0.25, -0.2) is 9.07 Å². The minimum Gasteiger partial charge on any atom is -0.380 e. The third-order valence-electron chi connectivity index (χ3n) is 5.56. The van der Waals surface area contributed by atoms with Crippen LogP contribution < -0.4 is 16.0 Å². The fraction of sp³-hybridized carbons (Fsp3) is 0.238. The highest BCUT2D eigenvalue weighted by atomic mass is 19.1. The molecule has 2 atom stereocenters. The van der Waals surface area contributed by atoms with Gasteiger partial charge in [-0.05, 0) is 25.1 Å². The standard InChI is InChI=1S/C21H19FN8O5/c1-21(33,20(32)26-11-2-3-13-15(8-11)35-28-17(13)23)16-19(31)29(6-7-34-16)18-14(22)10-30(27-18)12-4-5-24-25-9-12/h2-5,8-10,16,33H,6-7H2,1H3,(H2,23,28)(H,26,32)/t16-,21+/m0/s1. The van der Waals surface area contributed by atoms with Crippen LogP contribution in [0.2, 0.25) is 0 Å². The maximum Gasteiger partial charge on any atom is 0.261 e. The molecule has 0 spiro atoms. The van der Waals surface area contributed by atoms with E-state index in [2.05, 4.69) is 25.8 Å². The van der Waals surface area contributed by atoms with Crippen LogP contribution in [0.4, 0.5) is 21.7 Å². The third-order valence-corrected chi connectivity index (χ3v) is 5.56. The number of hydrogen-bond donors (Lipinski definition) is 3. The largest absolute Gasteiger partial charge is 0.380 e. The van der Waals surface area contributed by atoms with Gasteiger partial charge in [0.05, 0.1) is 42.8 Å². The van der Waals surface area contributed by atoms with E-state index in [1.807, 2.05) is 0 Å². The summed E-state index contributed by atoms with van der Waals surface area (Å²) in [6, 6.07) is 6.16. The van der Waals surface area contributed by atoms with Crippen LogP contribution in [-0.4, -0.2) is 66.9 Å². The van der Waals surface area contributed by atoms with Crippen molar-refractivity contribution in [3.63, 3.8) is 0 Å². The zero-order valence-corrected chi connectivity index (χ0v) is 18.3. The van der Waals surface area contributed by atoms with Crippen molar-refractivity contribution in [2.75, 3.05) is 29.1 Å². The molecular weight excluding hydrogens is 463 g/mol. The van der Waals surface area contributed by atoms with Crippen molar-refractivity contribution in [3.05, 3.63) is 48.7 Å². The molecule has 0 unspecified atom stereocenters. The first-order chi connectivity index (χ1) is 16.8. The van der Waals surface area contributed by atoms with Gasteiger partial charge in [0, 0.05) is 11.8 Å². The second kappa shape index (κ2) is 8.41. The molecule has 0 bridgehead atoms. The van der Waals surface area contributed by atoms with Gasteiger partial charge in [-0.2, -0.15) is 10.2 Å². The number of nitrogens with zero attached hydrogens (tertiary/aromatic N) is 6. The Hall–Kier alpha value is -4.43. The monoisotopic (exact) mass is 482 g/mol. The number of benzene rings is 1. The molecule has 4 N–H and O–H groups in total. The molecule has 0 radical (unpaired) electrons. The van der Waals surface area contributed by atoms with E-state index >= 15 is 0 Å². The zero-order valence-electron chi connectivity index (χ0n) is 18.3. The smallest absolute Gasteiger partial charge is 0.261 e. The molecular formula is C21H19FN8O5. The first-order valence-electron chi connectivity index (χ1n) is 10.4. The van der Waals surface area contributed by atoms with Crippen molar-refractivity contribution < 1.29 is 28.3 Å². The maximum absolute atomic E-state index is 14.7. The first-order valence-corrected chi connectivity index (χ1v) is 10.4. The Bertz CT molecular complexity index is 1420. The van der Waals surface area contributed by atoms with E-state index in [0.717, 1.165) is 18.0 Å². The number of ether oxygens (including phenoxy) is 1. The van der Waals surface area contributed by atoms with Gasteiger partial charge in [0.1, 0.15) is 0 Å². The molecule has 13 nitrogen and oxygen atoms in total. The average molecular weight is 482 g/mol. The van der Waals surface area contributed by atoms with E-state index in [4.69, 9.17) is 15.0 Å². The number of nitrogen functional groups attached to an aromatic ring is 1. The number of nitrogens with one attached hydrogen (secondary N) is 1. The summed E-state index contributed by atoms with van der Waals surface area (Å²) in [5, 5.41) is 29.2. The Balaban J connectivity index is 1.37. The number of carbonyl (C=O) groups is 2. The number of hydrogen-bond acceptors (Lipinski definition) is 10. The predicted octanol–water partition coefficient (Wildman–Crippen LogP) is 0.646. The number of aliphatic hydroxyl groups is 1. The van der Waals surface area contributed by atoms with Gasteiger partial charge in [-0.15, -0.1) is 5.10 Å². The van der Waals surface area contributed by atoms with E-state index in [1.54, 1.807) is 12.1 Å². The lowest BCUT2D eigenvalue weighted by Gasteiger charge is -2.37. The van der Waals surface area contributed by atoms with Crippen LogP contribution >= 0.6 is 0 Å². The molecule has 0 aliphatic carbocycles. The van der Waals surface area contributed by atoms with Crippen LogP contribution in [0.3, 0.4) is 0 Å². The molecule has 4 heterocycles. The quantitative estimate of drug-likeness (QED) is 0.366. The summed E-state index contributed by atoms with van der Waals surface area (Å²) in [6.45, 7) is 1.04.